The minimum atomic E-state index is -4.50. The first-order chi connectivity index (χ1) is 11.9. The van der Waals surface area contributed by atoms with Gasteiger partial charge in [0.2, 0.25) is 0 Å². The van der Waals surface area contributed by atoms with E-state index in [1.54, 1.807) is 0 Å². The molecule has 2 amide bonds. The third-order valence-electron chi connectivity index (χ3n) is 4.22. The number of alkyl halides is 3. The fraction of sp³-hybridized carbons (Fsp3) is 0.588. The van der Waals surface area contributed by atoms with Crippen LogP contribution in [-0.4, -0.2) is 44.2 Å². The SMILES string of the molecule is COc1ccc(CNC(=O)NCCN2CCCCC2)c(C(F)(F)F)c1. The number of amides is 2. The normalized spacial score (nSPS) is 15.7. The number of hydrogen-bond acceptors (Lipinski definition) is 3. The molecule has 2 N–H and O–H groups in total. The van der Waals surface area contributed by atoms with Crippen LogP contribution >= 0.6 is 0 Å². The van der Waals surface area contributed by atoms with E-state index < -0.39 is 17.8 Å². The van der Waals surface area contributed by atoms with Crippen LogP contribution in [0.3, 0.4) is 0 Å². The number of nitrogens with zero attached hydrogens (tertiary/aromatic N) is 1. The molecule has 1 aliphatic rings. The molecule has 25 heavy (non-hydrogen) atoms. The van der Waals surface area contributed by atoms with Gasteiger partial charge in [-0.25, -0.2) is 4.79 Å². The second kappa shape index (κ2) is 8.94. The molecular weight excluding hydrogens is 335 g/mol. The lowest BCUT2D eigenvalue weighted by atomic mass is 10.1. The Balaban J connectivity index is 1.82. The van der Waals surface area contributed by atoms with Crippen LogP contribution in [0, 0.1) is 0 Å². The first-order valence-corrected chi connectivity index (χ1v) is 8.38. The summed E-state index contributed by atoms with van der Waals surface area (Å²) in [6.07, 6.45) is -0.919. The third-order valence-corrected chi connectivity index (χ3v) is 4.22. The summed E-state index contributed by atoms with van der Waals surface area (Å²) in [5, 5.41) is 5.16. The summed E-state index contributed by atoms with van der Waals surface area (Å²) >= 11 is 0. The summed E-state index contributed by atoms with van der Waals surface area (Å²) in [6, 6.07) is 3.22. The maximum absolute atomic E-state index is 13.1. The molecule has 1 aromatic carbocycles. The van der Waals surface area contributed by atoms with E-state index in [9.17, 15) is 18.0 Å². The molecule has 0 spiro atoms. The van der Waals surface area contributed by atoms with Crippen molar-refractivity contribution in [3.8, 4) is 5.75 Å². The van der Waals surface area contributed by atoms with Crippen molar-refractivity contribution in [1.82, 2.24) is 15.5 Å². The van der Waals surface area contributed by atoms with E-state index in [0.717, 1.165) is 25.7 Å². The van der Waals surface area contributed by atoms with Crippen molar-refractivity contribution in [2.24, 2.45) is 0 Å². The Hall–Kier alpha value is -1.96. The Morgan fingerprint density at radius 2 is 1.92 bits per heavy atom. The van der Waals surface area contributed by atoms with E-state index in [2.05, 4.69) is 15.5 Å². The van der Waals surface area contributed by atoms with Gasteiger partial charge in [0.1, 0.15) is 5.75 Å². The molecule has 0 aromatic heterocycles. The molecule has 0 saturated carbocycles. The maximum Gasteiger partial charge on any atom is 0.416 e. The van der Waals surface area contributed by atoms with E-state index in [-0.39, 0.29) is 17.9 Å². The van der Waals surface area contributed by atoms with Crippen LogP contribution in [0.5, 0.6) is 5.75 Å². The number of rotatable bonds is 6. The molecule has 1 heterocycles. The number of nitrogens with one attached hydrogen (secondary N) is 2. The van der Waals surface area contributed by atoms with Gasteiger partial charge in [-0.05, 0) is 43.6 Å². The lowest BCUT2D eigenvalue weighted by molar-refractivity contribution is -0.138. The number of methoxy groups -OCH3 is 1. The van der Waals surface area contributed by atoms with Gasteiger partial charge in [0.05, 0.1) is 12.7 Å². The minimum Gasteiger partial charge on any atom is -0.497 e. The minimum absolute atomic E-state index is 0.000481. The van der Waals surface area contributed by atoms with Gasteiger partial charge < -0.3 is 20.3 Å². The highest BCUT2D eigenvalue weighted by Gasteiger charge is 2.33. The fourth-order valence-electron chi connectivity index (χ4n) is 2.85. The van der Waals surface area contributed by atoms with Crippen LogP contribution in [0.1, 0.15) is 30.4 Å². The number of urea groups is 1. The van der Waals surface area contributed by atoms with Gasteiger partial charge >= 0.3 is 12.2 Å². The molecule has 1 fully saturated rings. The number of likely N-dealkylation sites (tertiary alicyclic amines) is 1. The molecule has 1 saturated heterocycles. The highest BCUT2D eigenvalue weighted by atomic mass is 19.4. The summed E-state index contributed by atoms with van der Waals surface area (Å²) in [4.78, 5) is 14.1. The smallest absolute Gasteiger partial charge is 0.416 e. The average Bonchev–Trinajstić information content (AvgIpc) is 2.60. The summed E-state index contributed by atoms with van der Waals surface area (Å²) in [7, 11) is 1.31. The van der Waals surface area contributed by atoms with Gasteiger partial charge in [-0.15, -0.1) is 0 Å². The molecule has 0 bridgehead atoms. The molecule has 8 heteroatoms. The van der Waals surface area contributed by atoms with Crippen LogP contribution < -0.4 is 15.4 Å². The lowest BCUT2D eigenvalue weighted by Crippen LogP contribution is -2.41. The zero-order chi connectivity index (χ0) is 18.3. The quantitative estimate of drug-likeness (QED) is 0.821. The zero-order valence-corrected chi connectivity index (χ0v) is 14.3. The predicted molar refractivity (Wildman–Crippen MR) is 88.5 cm³/mol. The van der Waals surface area contributed by atoms with Gasteiger partial charge in [0, 0.05) is 19.6 Å². The Labute approximate surface area is 145 Å². The molecule has 0 aliphatic carbocycles. The Morgan fingerprint density at radius 3 is 2.56 bits per heavy atom. The first-order valence-electron chi connectivity index (χ1n) is 8.38. The van der Waals surface area contributed by atoms with Gasteiger partial charge in [-0.1, -0.05) is 12.5 Å². The number of halogens is 3. The second-order valence-electron chi connectivity index (χ2n) is 6.03. The van der Waals surface area contributed by atoms with Crippen molar-refractivity contribution < 1.29 is 22.7 Å². The number of carbonyl (C=O) groups excluding carboxylic acids is 1. The molecule has 0 atom stereocenters. The van der Waals surface area contributed by atoms with E-state index in [4.69, 9.17) is 4.74 Å². The summed E-state index contributed by atoms with van der Waals surface area (Å²) < 4.78 is 44.2. The number of carbonyl (C=O) groups is 1. The van der Waals surface area contributed by atoms with Crippen LogP contribution in [0.2, 0.25) is 0 Å². The predicted octanol–water partition coefficient (Wildman–Crippen LogP) is 3.00. The molecular formula is C17H24F3N3O2. The molecule has 1 aliphatic heterocycles. The van der Waals surface area contributed by atoms with Crippen LogP contribution in [-0.2, 0) is 12.7 Å². The monoisotopic (exact) mass is 359 g/mol. The highest BCUT2D eigenvalue weighted by Crippen LogP contribution is 2.34. The summed E-state index contributed by atoms with van der Waals surface area (Å²) in [6.45, 7) is 3.09. The summed E-state index contributed by atoms with van der Waals surface area (Å²) in [5.74, 6) is 0.127. The number of piperidine rings is 1. The number of hydrogen-bond donors (Lipinski definition) is 2. The number of ether oxygens (including phenoxy) is 1. The number of benzene rings is 1. The van der Waals surface area contributed by atoms with Crippen LogP contribution in [0.4, 0.5) is 18.0 Å². The third kappa shape index (κ3) is 6.12. The van der Waals surface area contributed by atoms with Gasteiger partial charge in [-0.3, -0.25) is 0 Å². The van der Waals surface area contributed by atoms with Crippen molar-refractivity contribution in [2.45, 2.75) is 32.0 Å². The van der Waals surface area contributed by atoms with Gasteiger partial charge in [0.25, 0.3) is 0 Å². The fourth-order valence-corrected chi connectivity index (χ4v) is 2.85. The molecule has 0 unspecified atom stereocenters. The molecule has 2 rings (SSSR count). The van der Waals surface area contributed by atoms with Crippen molar-refractivity contribution in [1.29, 1.82) is 0 Å². The van der Waals surface area contributed by atoms with Gasteiger partial charge in [0.15, 0.2) is 0 Å². The molecule has 5 nitrogen and oxygen atoms in total. The van der Waals surface area contributed by atoms with Crippen molar-refractivity contribution in [3.63, 3.8) is 0 Å². The summed E-state index contributed by atoms with van der Waals surface area (Å²) in [5.41, 5.74) is -0.806. The Bertz CT molecular complexity index is 573. The van der Waals surface area contributed by atoms with E-state index in [1.807, 2.05) is 0 Å². The van der Waals surface area contributed by atoms with Crippen molar-refractivity contribution in [3.05, 3.63) is 29.3 Å². The average molecular weight is 359 g/mol. The Morgan fingerprint density at radius 1 is 1.20 bits per heavy atom. The molecule has 0 radical (unpaired) electrons. The van der Waals surface area contributed by atoms with E-state index in [0.29, 0.717) is 6.54 Å². The van der Waals surface area contributed by atoms with Crippen molar-refractivity contribution >= 4 is 6.03 Å². The Kier molecular flexibility index (Phi) is 6.92. The molecule has 1 aromatic rings. The van der Waals surface area contributed by atoms with Crippen LogP contribution in [0.15, 0.2) is 18.2 Å². The topological polar surface area (TPSA) is 53.6 Å². The highest BCUT2D eigenvalue weighted by molar-refractivity contribution is 5.73. The standard InChI is InChI=1S/C17H24F3N3O2/c1-25-14-6-5-13(15(11-14)17(18,19)20)12-22-16(24)21-7-10-23-8-3-2-4-9-23/h5-6,11H,2-4,7-10,12H2,1H3,(H2,21,22,24). The zero-order valence-electron chi connectivity index (χ0n) is 14.3. The lowest BCUT2D eigenvalue weighted by Gasteiger charge is -2.26. The van der Waals surface area contributed by atoms with E-state index >= 15 is 0 Å². The van der Waals surface area contributed by atoms with Crippen molar-refractivity contribution in [2.75, 3.05) is 33.3 Å². The first kappa shape index (κ1) is 19.4. The largest absolute Gasteiger partial charge is 0.497 e. The van der Waals surface area contributed by atoms with E-state index in [1.165, 1.54) is 38.5 Å². The molecule has 140 valence electrons. The van der Waals surface area contributed by atoms with Gasteiger partial charge in [-0.2, -0.15) is 13.2 Å². The van der Waals surface area contributed by atoms with Crippen LogP contribution in [0.25, 0.3) is 0 Å². The second-order valence-corrected chi connectivity index (χ2v) is 6.03. The maximum atomic E-state index is 13.1.